The lowest BCUT2D eigenvalue weighted by Gasteiger charge is -2.16. The van der Waals surface area contributed by atoms with Crippen LogP contribution in [0.2, 0.25) is 0 Å². The molecule has 456 valence electrons. The van der Waals surface area contributed by atoms with Crippen molar-refractivity contribution in [1.82, 2.24) is 10.5 Å². The molecule has 6 aromatic carbocycles. The van der Waals surface area contributed by atoms with Crippen LogP contribution in [0.1, 0.15) is 67.8 Å². The summed E-state index contributed by atoms with van der Waals surface area (Å²) in [5.41, 5.74) is 21.2. The summed E-state index contributed by atoms with van der Waals surface area (Å²) in [5.74, 6) is -7.00. The number of fused-ring (bicyclic) bond motifs is 1. The lowest BCUT2D eigenvalue weighted by Crippen LogP contribution is -2.26. The number of aromatic nitrogens is 1. The lowest BCUT2D eigenvalue weighted by molar-refractivity contribution is -0.142. The first-order valence-corrected chi connectivity index (χ1v) is 24.2. The minimum Gasteiger partial charge on any atom is -0.507 e. The van der Waals surface area contributed by atoms with Crippen molar-refractivity contribution in [2.24, 2.45) is 0 Å². The molecule has 29 heteroatoms. The monoisotopic (exact) mass is 1190 g/mol. The van der Waals surface area contributed by atoms with Crippen molar-refractivity contribution in [3.63, 3.8) is 0 Å². The fourth-order valence-electron chi connectivity index (χ4n) is 6.48. The van der Waals surface area contributed by atoms with Crippen LogP contribution in [0, 0.1) is 0 Å². The zero-order valence-electron chi connectivity index (χ0n) is 46.5. The number of aromatic hydroxyl groups is 4. The van der Waals surface area contributed by atoms with E-state index < -0.39 is 47.8 Å². The van der Waals surface area contributed by atoms with E-state index in [0.717, 1.165) is 0 Å². The Morgan fingerprint density at radius 2 is 1.03 bits per heavy atom. The molecule has 1 aromatic heterocycles. The number of amides is 1. The number of carbonyl (C=O) groups excluding carboxylic acids is 1. The Balaban J connectivity index is 0.000000342. The maximum atomic E-state index is 10.8. The van der Waals surface area contributed by atoms with Crippen LogP contribution in [-0.2, 0) is 4.79 Å². The number of hydrogen-bond donors (Lipinski definition) is 17. The summed E-state index contributed by atoms with van der Waals surface area (Å²) >= 11 is 0. The molecule has 8 rings (SSSR count). The zero-order chi connectivity index (χ0) is 65.0. The first-order valence-electron chi connectivity index (χ1n) is 24.2. The number of phenolic OH excluding ortho intramolecular Hbond substituents is 1. The Labute approximate surface area is 489 Å². The van der Waals surface area contributed by atoms with Crippen molar-refractivity contribution < 1.29 is 104 Å². The van der Waals surface area contributed by atoms with Crippen molar-refractivity contribution in [1.29, 1.82) is 0 Å². The average molecular weight is 1200 g/mol. The molecule has 20 N–H and O–H groups in total. The number of phenols is 4. The number of benzene rings is 6. The third-order valence-corrected chi connectivity index (χ3v) is 10.8. The molecule has 0 saturated heterocycles. The molecule has 0 aliphatic carbocycles. The van der Waals surface area contributed by atoms with Crippen LogP contribution in [0.25, 0.3) is 6.08 Å². The molecular weight excluding hydrogens is 1130 g/mol. The third kappa shape index (κ3) is 21.7. The molecule has 0 radical (unpaired) electrons. The second-order valence-corrected chi connectivity index (χ2v) is 16.8. The summed E-state index contributed by atoms with van der Waals surface area (Å²) in [6.45, 7) is 0. The molecule has 29 nitrogen and oxygen atoms in total. The standard InChI is InChI=1S/C9H7NO3.C9H11NO3.4C8H9NO3.C7H8N2O3/c11-9(12)8-4-3-6-7(13-8)2-1-5-10-6;1-10(2)7-5-3-4-6(8(7)11)9(12)13;1-12-7-3-2-5(9)4-6(7)8(10)11;1-9-5-2-3-7(10)6(4-5)8(11)12;1-12-7-4-5(9)2-3-6(7)8(10)11;1-9-5-2-3-6(8(11)12)7(10)4-5;8-4-1-2-6(10)5(3-4)7(11)9-12/h1-5,8H,(H,11,12);3-5,11H,1-2H3,(H,12,13);2-4H,9H2,1H3,(H,10,11);2-4,9-10H,1H3,(H,11,12);2-4H,9H2,1H3,(H,10,11);2-4,9-10H,1H3,(H,11,12);1-3,10,12H,8H2,(H,9,11). The number of nitrogen functional groups attached to an aromatic ring is 3. The van der Waals surface area contributed by atoms with E-state index >= 15 is 0 Å². The zero-order valence-corrected chi connectivity index (χ0v) is 46.5. The number of carbonyl (C=O) groups is 7. The molecule has 1 aliphatic rings. The van der Waals surface area contributed by atoms with Crippen LogP contribution in [0.3, 0.4) is 0 Å². The number of pyridine rings is 1. The summed E-state index contributed by atoms with van der Waals surface area (Å²) < 4.78 is 14.8. The molecule has 1 aliphatic heterocycles. The molecule has 0 saturated carbocycles. The van der Waals surface area contributed by atoms with Crippen LogP contribution in [-0.4, -0.2) is 151 Å². The van der Waals surface area contributed by atoms with Crippen molar-refractivity contribution in [3.8, 4) is 40.2 Å². The largest absolute Gasteiger partial charge is 0.507 e. The quantitative estimate of drug-likeness (QED) is 0.0272. The Kier molecular flexibility index (Phi) is 27.8. The van der Waals surface area contributed by atoms with Gasteiger partial charge in [0, 0.05) is 75.0 Å². The number of hydrogen-bond acceptors (Lipinski definition) is 22. The number of carboxylic acids is 6. The highest BCUT2D eigenvalue weighted by Gasteiger charge is 2.21. The Bertz CT molecular complexity index is 3540. The number of nitrogens with two attached hydrogens (primary N) is 3. The molecule has 1 atom stereocenters. The second-order valence-electron chi connectivity index (χ2n) is 16.8. The number of para-hydroxylation sites is 1. The van der Waals surface area contributed by atoms with Crippen LogP contribution in [0.4, 0.5) is 34.1 Å². The third-order valence-electron chi connectivity index (χ3n) is 10.8. The number of rotatable bonds is 12. The first kappa shape index (κ1) is 70.0. The van der Waals surface area contributed by atoms with Crippen molar-refractivity contribution in [2.75, 3.05) is 75.1 Å². The number of methoxy groups -OCH3 is 2. The number of ether oxygens (including phenoxy) is 3. The molecule has 0 fully saturated rings. The molecule has 7 aromatic rings. The normalized spacial score (nSPS) is 10.9. The summed E-state index contributed by atoms with van der Waals surface area (Å²) in [4.78, 5) is 79.8. The first-order chi connectivity index (χ1) is 40.5. The van der Waals surface area contributed by atoms with E-state index in [1.165, 1.54) is 105 Å². The van der Waals surface area contributed by atoms with Crippen molar-refractivity contribution >= 4 is 81.9 Å². The molecule has 1 unspecified atom stereocenters. The predicted molar refractivity (Wildman–Crippen MR) is 314 cm³/mol. The van der Waals surface area contributed by atoms with Gasteiger partial charge in [-0.25, -0.2) is 34.2 Å². The number of nitrogens with zero attached hydrogens (tertiary/aromatic N) is 2. The Morgan fingerprint density at radius 1 is 0.535 bits per heavy atom. The van der Waals surface area contributed by atoms with Gasteiger partial charge >= 0.3 is 35.8 Å². The van der Waals surface area contributed by atoms with Gasteiger partial charge < -0.3 is 98.0 Å². The van der Waals surface area contributed by atoms with Gasteiger partial charge in [0.2, 0.25) is 6.10 Å². The summed E-state index contributed by atoms with van der Waals surface area (Å²) in [7, 11) is 9.66. The summed E-state index contributed by atoms with van der Waals surface area (Å²) in [6.07, 6.45) is 3.86. The number of carboxylic acid groups (broad SMARTS) is 6. The minimum atomic E-state index is -1.13. The van der Waals surface area contributed by atoms with Crippen molar-refractivity contribution in [3.05, 3.63) is 173 Å². The van der Waals surface area contributed by atoms with E-state index in [4.69, 9.17) is 77.5 Å². The summed E-state index contributed by atoms with van der Waals surface area (Å²) in [5, 5.41) is 103. The lowest BCUT2D eigenvalue weighted by atomic mass is 10.1. The Morgan fingerprint density at radius 3 is 1.56 bits per heavy atom. The SMILES string of the molecule is CN(C)c1cccc(C(=O)O)c1O.CNc1ccc(C(=O)O)c(O)c1.CNc1ccc(O)c(C(=O)O)c1.COc1cc(N)ccc1C(=O)O.COc1ccc(N)cc1C(=O)O.Nc1ccc(O)c(C(=O)NO)c1.O=C(O)C1C=Cc2ncccc2O1. The van der Waals surface area contributed by atoms with Crippen LogP contribution >= 0.6 is 0 Å². The number of nitrogens with one attached hydrogen (secondary N) is 3. The smallest absolute Gasteiger partial charge is 0.349 e. The van der Waals surface area contributed by atoms with E-state index in [9.17, 15) is 43.8 Å². The van der Waals surface area contributed by atoms with Crippen molar-refractivity contribution in [2.45, 2.75) is 6.10 Å². The molecule has 2 heterocycles. The fourth-order valence-corrected chi connectivity index (χ4v) is 6.48. The van der Waals surface area contributed by atoms with E-state index in [1.54, 1.807) is 87.8 Å². The van der Waals surface area contributed by atoms with Gasteiger partial charge in [0.1, 0.15) is 68.0 Å². The van der Waals surface area contributed by atoms with Gasteiger partial charge in [0.25, 0.3) is 5.91 Å². The number of anilines is 6. The van der Waals surface area contributed by atoms with E-state index in [2.05, 4.69) is 15.6 Å². The van der Waals surface area contributed by atoms with Gasteiger partial charge in [-0.1, -0.05) is 6.07 Å². The molecule has 0 spiro atoms. The summed E-state index contributed by atoms with van der Waals surface area (Å²) in [6, 6.07) is 29.5. The van der Waals surface area contributed by atoms with Gasteiger partial charge in [-0.15, -0.1) is 0 Å². The van der Waals surface area contributed by atoms with Gasteiger partial charge in [0.15, 0.2) is 5.75 Å². The highest BCUT2D eigenvalue weighted by molar-refractivity contribution is 5.97. The number of aliphatic carboxylic acids is 1. The average Bonchev–Trinajstić information content (AvgIpc) is 3.63. The Hall–Kier alpha value is -12.1. The number of aromatic carboxylic acids is 5. The van der Waals surface area contributed by atoms with E-state index in [1.807, 2.05) is 0 Å². The molecule has 1 amide bonds. The minimum absolute atomic E-state index is 0.0579. The van der Waals surface area contributed by atoms with Gasteiger partial charge in [-0.2, -0.15) is 0 Å². The second kappa shape index (κ2) is 34.2. The number of hydroxylamine groups is 1. The molecule has 0 bridgehead atoms. The van der Waals surface area contributed by atoms with Gasteiger partial charge in [-0.05, 0) is 115 Å². The molecule has 86 heavy (non-hydrogen) atoms. The van der Waals surface area contributed by atoms with E-state index in [-0.39, 0.29) is 62.1 Å². The van der Waals surface area contributed by atoms with Crippen LogP contribution in [0.5, 0.6) is 40.2 Å². The maximum Gasteiger partial charge on any atom is 0.349 e. The highest BCUT2D eigenvalue weighted by atomic mass is 16.5. The fraction of sp³-hybridized carbons (Fsp3) is 0.123. The van der Waals surface area contributed by atoms with Crippen LogP contribution < -0.4 is 52.4 Å². The van der Waals surface area contributed by atoms with E-state index in [0.29, 0.717) is 51.3 Å². The van der Waals surface area contributed by atoms with Crippen LogP contribution in [0.15, 0.2) is 134 Å². The van der Waals surface area contributed by atoms with Gasteiger partial charge in [-0.3, -0.25) is 15.0 Å². The van der Waals surface area contributed by atoms with Gasteiger partial charge in [0.05, 0.1) is 25.5 Å². The molecular formula is C57H62N8O21. The topological polar surface area (TPSA) is 500 Å². The highest BCUT2D eigenvalue weighted by Crippen LogP contribution is 2.30. The maximum absolute atomic E-state index is 10.8. The predicted octanol–water partition coefficient (Wildman–Crippen LogP) is 6.41.